The van der Waals surface area contributed by atoms with Gasteiger partial charge in [0.25, 0.3) is 0 Å². The average Bonchev–Trinajstić information content (AvgIpc) is 2.43. The molecule has 1 aliphatic rings. The van der Waals surface area contributed by atoms with Crippen molar-refractivity contribution in [1.82, 2.24) is 4.90 Å². The third kappa shape index (κ3) is 2.52. The average molecular weight is 276 g/mol. The molecule has 106 valence electrons. The summed E-state index contributed by atoms with van der Waals surface area (Å²) in [6, 6.07) is 6.46. The standard InChI is InChI=1S/C15H17FN2O2/c1-15(14(19)20)7-2-3-8-18(15)10-12-6-4-5-11(9-17)13(12)16/h4-6H,2-3,7-8,10H2,1H3,(H,19,20). The minimum Gasteiger partial charge on any atom is -0.480 e. The van der Waals surface area contributed by atoms with Gasteiger partial charge in [-0.25, -0.2) is 4.39 Å². The van der Waals surface area contributed by atoms with Gasteiger partial charge in [-0.05, 0) is 38.8 Å². The monoisotopic (exact) mass is 276 g/mol. The second-order valence-electron chi connectivity index (χ2n) is 5.35. The van der Waals surface area contributed by atoms with Gasteiger partial charge in [-0.1, -0.05) is 12.1 Å². The summed E-state index contributed by atoms with van der Waals surface area (Å²) >= 11 is 0. The lowest BCUT2D eigenvalue weighted by Gasteiger charge is -2.41. The molecule has 1 saturated heterocycles. The number of halogens is 1. The molecule has 0 bridgehead atoms. The Kier molecular flexibility index (Phi) is 4.05. The van der Waals surface area contributed by atoms with Gasteiger partial charge in [0.2, 0.25) is 0 Å². The van der Waals surface area contributed by atoms with Crippen molar-refractivity contribution in [3.63, 3.8) is 0 Å². The molecule has 0 amide bonds. The van der Waals surface area contributed by atoms with E-state index >= 15 is 0 Å². The molecule has 0 aliphatic carbocycles. The first kappa shape index (κ1) is 14.5. The van der Waals surface area contributed by atoms with Crippen molar-refractivity contribution >= 4 is 5.97 Å². The van der Waals surface area contributed by atoms with Crippen LogP contribution >= 0.6 is 0 Å². The number of piperidine rings is 1. The molecule has 1 unspecified atom stereocenters. The number of hydrogen-bond acceptors (Lipinski definition) is 3. The van der Waals surface area contributed by atoms with E-state index in [9.17, 15) is 14.3 Å². The molecule has 0 saturated carbocycles. The molecule has 1 heterocycles. The van der Waals surface area contributed by atoms with Gasteiger partial charge < -0.3 is 5.11 Å². The van der Waals surface area contributed by atoms with Crippen LogP contribution in [0, 0.1) is 17.1 Å². The number of nitrogens with zero attached hydrogens (tertiary/aromatic N) is 2. The summed E-state index contributed by atoms with van der Waals surface area (Å²) in [7, 11) is 0. The maximum absolute atomic E-state index is 14.1. The zero-order valence-corrected chi connectivity index (χ0v) is 11.4. The van der Waals surface area contributed by atoms with E-state index in [-0.39, 0.29) is 12.1 Å². The Morgan fingerprint density at radius 1 is 1.55 bits per heavy atom. The number of benzene rings is 1. The number of carboxylic acids is 1. The highest BCUT2D eigenvalue weighted by molar-refractivity contribution is 5.78. The number of rotatable bonds is 3. The van der Waals surface area contributed by atoms with E-state index in [2.05, 4.69) is 0 Å². The predicted octanol–water partition coefficient (Wildman–Crippen LogP) is 2.53. The van der Waals surface area contributed by atoms with Crippen LogP contribution < -0.4 is 0 Å². The molecule has 1 fully saturated rings. The lowest BCUT2D eigenvalue weighted by molar-refractivity contribution is -0.153. The van der Waals surface area contributed by atoms with Crippen molar-refractivity contribution < 1.29 is 14.3 Å². The fourth-order valence-corrected chi connectivity index (χ4v) is 2.67. The molecule has 1 aromatic carbocycles. The van der Waals surface area contributed by atoms with Gasteiger partial charge in [-0.3, -0.25) is 9.69 Å². The van der Waals surface area contributed by atoms with E-state index in [0.29, 0.717) is 18.5 Å². The highest BCUT2D eigenvalue weighted by Gasteiger charge is 2.41. The largest absolute Gasteiger partial charge is 0.480 e. The van der Waals surface area contributed by atoms with Crippen molar-refractivity contribution in [3.05, 3.63) is 35.1 Å². The Labute approximate surface area is 117 Å². The summed E-state index contributed by atoms with van der Waals surface area (Å²) in [5.74, 6) is -1.43. The number of aliphatic carboxylic acids is 1. The Morgan fingerprint density at radius 3 is 2.95 bits per heavy atom. The summed E-state index contributed by atoms with van der Waals surface area (Å²) in [5, 5.41) is 18.3. The predicted molar refractivity (Wildman–Crippen MR) is 71.4 cm³/mol. The molecule has 0 spiro atoms. The summed E-state index contributed by atoms with van der Waals surface area (Å²) in [6.07, 6.45) is 2.32. The highest BCUT2D eigenvalue weighted by atomic mass is 19.1. The van der Waals surface area contributed by atoms with E-state index in [1.165, 1.54) is 6.07 Å². The van der Waals surface area contributed by atoms with Crippen molar-refractivity contribution in [2.24, 2.45) is 0 Å². The van der Waals surface area contributed by atoms with Gasteiger partial charge in [-0.2, -0.15) is 5.26 Å². The molecule has 1 atom stereocenters. The maximum atomic E-state index is 14.1. The smallest absolute Gasteiger partial charge is 0.323 e. The highest BCUT2D eigenvalue weighted by Crippen LogP contribution is 2.30. The Hall–Kier alpha value is -1.93. The van der Waals surface area contributed by atoms with E-state index in [4.69, 9.17) is 5.26 Å². The normalized spacial score (nSPS) is 23.2. The third-order valence-corrected chi connectivity index (χ3v) is 4.06. The first-order chi connectivity index (χ1) is 9.49. The van der Waals surface area contributed by atoms with Crippen LogP contribution in [0.1, 0.15) is 37.3 Å². The SMILES string of the molecule is CC1(C(=O)O)CCCCN1Cc1cccc(C#N)c1F. The number of carbonyl (C=O) groups is 1. The van der Waals surface area contributed by atoms with E-state index in [0.717, 1.165) is 12.8 Å². The maximum Gasteiger partial charge on any atom is 0.323 e. The Balaban J connectivity index is 2.29. The van der Waals surface area contributed by atoms with Crippen LogP contribution in [0.3, 0.4) is 0 Å². The Morgan fingerprint density at radius 2 is 2.30 bits per heavy atom. The molecule has 5 heteroatoms. The molecule has 4 nitrogen and oxygen atoms in total. The lowest BCUT2D eigenvalue weighted by Crippen LogP contribution is -2.54. The molecule has 1 aliphatic heterocycles. The van der Waals surface area contributed by atoms with Crippen molar-refractivity contribution in [1.29, 1.82) is 5.26 Å². The van der Waals surface area contributed by atoms with Crippen LogP contribution in [0.2, 0.25) is 0 Å². The van der Waals surface area contributed by atoms with Crippen LogP contribution in [-0.2, 0) is 11.3 Å². The minimum absolute atomic E-state index is 0.00321. The third-order valence-electron chi connectivity index (χ3n) is 4.06. The van der Waals surface area contributed by atoms with E-state index < -0.39 is 17.3 Å². The summed E-state index contributed by atoms with van der Waals surface area (Å²) in [4.78, 5) is 13.3. The second-order valence-corrected chi connectivity index (χ2v) is 5.35. The fraction of sp³-hybridized carbons (Fsp3) is 0.467. The summed E-state index contributed by atoms with van der Waals surface area (Å²) < 4.78 is 14.1. The van der Waals surface area contributed by atoms with Crippen molar-refractivity contribution in [2.45, 2.75) is 38.3 Å². The minimum atomic E-state index is -0.965. The zero-order valence-electron chi connectivity index (χ0n) is 11.4. The van der Waals surface area contributed by atoms with Crippen LogP contribution in [0.25, 0.3) is 0 Å². The first-order valence-corrected chi connectivity index (χ1v) is 6.65. The van der Waals surface area contributed by atoms with Crippen molar-refractivity contribution in [3.8, 4) is 6.07 Å². The summed E-state index contributed by atoms with van der Waals surface area (Å²) in [6.45, 7) is 2.52. The summed E-state index contributed by atoms with van der Waals surface area (Å²) in [5.41, 5.74) is -0.595. The van der Waals surface area contributed by atoms with Gasteiger partial charge in [0.1, 0.15) is 17.4 Å². The van der Waals surface area contributed by atoms with Crippen LogP contribution in [0.15, 0.2) is 18.2 Å². The van der Waals surface area contributed by atoms with Crippen LogP contribution in [-0.4, -0.2) is 28.1 Å². The Bertz CT molecular complexity index is 567. The molecular formula is C15H17FN2O2. The number of hydrogen-bond donors (Lipinski definition) is 1. The van der Waals surface area contributed by atoms with Gasteiger partial charge in [0, 0.05) is 12.1 Å². The second kappa shape index (κ2) is 5.59. The number of likely N-dealkylation sites (tertiary alicyclic amines) is 1. The molecule has 0 radical (unpaired) electrons. The first-order valence-electron chi connectivity index (χ1n) is 6.65. The topological polar surface area (TPSA) is 64.3 Å². The van der Waals surface area contributed by atoms with Gasteiger partial charge in [0.05, 0.1) is 5.56 Å². The van der Waals surface area contributed by atoms with Crippen molar-refractivity contribution in [2.75, 3.05) is 6.54 Å². The van der Waals surface area contributed by atoms with E-state index in [1.807, 2.05) is 0 Å². The molecule has 2 rings (SSSR count). The molecule has 1 N–H and O–H groups in total. The van der Waals surface area contributed by atoms with Crippen LogP contribution in [0.5, 0.6) is 0 Å². The van der Waals surface area contributed by atoms with Gasteiger partial charge >= 0.3 is 5.97 Å². The number of nitriles is 1. The lowest BCUT2D eigenvalue weighted by atomic mass is 9.88. The quantitative estimate of drug-likeness (QED) is 0.921. The zero-order chi connectivity index (χ0) is 14.8. The molecule has 20 heavy (non-hydrogen) atoms. The van der Waals surface area contributed by atoms with E-state index in [1.54, 1.807) is 30.0 Å². The van der Waals surface area contributed by atoms with Crippen LogP contribution in [0.4, 0.5) is 4.39 Å². The molecule has 1 aromatic rings. The molecular weight excluding hydrogens is 259 g/mol. The van der Waals surface area contributed by atoms with Gasteiger partial charge in [0.15, 0.2) is 0 Å². The fourth-order valence-electron chi connectivity index (χ4n) is 2.67. The molecule has 0 aromatic heterocycles. The number of carboxylic acid groups (broad SMARTS) is 1. The van der Waals surface area contributed by atoms with Gasteiger partial charge in [-0.15, -0.1) is 0 Å².